The number of nitrogens with one attached hydrogen (secondary N) is 1. The highest BCUT2D eigenvalue weighted by atomic mass is 35.5. The minimum atomic E-state index is -0.341. The summed E-state index contributed by atoms with van der Waals surface area (Å²) in [5.41, 5.74) is 5.74. The molecule has 0 radical (unpaired) electrons. The molecule has 1 aliphatic rings. The van der Waals surface area contributed by atoms with Gasteiger partial charge < -0.3 is 5.32 Å². The number of amidine groups is 1. The summed E-state index contributed by atoms with van der Waals surface area (Å²) in [5.74, 6) is 0.139. The molecule has 0 fully saturated rings. The lowest BCUT2D eigenvalue weighted by Gasteiger charge is -2.12. The molecule has 1 aromatic heterocycles. The number of hydrogen-bond acceptors (Lipinski definition) is 5. The van der Waals surface area contributed by atoms with E-state index in [-0.39, 0.29) is 17.6 Å². The van der Waals surface area contributed by atoms with Gasteiger partial charge in [-0.25, -0.2) is 9.98 Å². The molecule has 146 valence electrons. The Morgan fingerprint density at radius 2 is 2.10 bits per heavy atom. The molecule has 0 spiro atoms. The van der Waals surface area contributed by atoms with Crippen molar-refractivity contribution < 1.29 is 9.59 Å². The summed E-state index contributed by atoms with van der Waals surface area (Å²) in [6.45, 7) is 1.84. The van der Waals surface area contributed by atoms with Gasteiger partial charge in [-0.3, -0.25) is 9.59 Å². The average Bonchev–Trinajstić information content (AvgIpc) is 3.36. The lowest BCUT2D eigenvalue weighted by molar-refractivity contribution is -0.120. The van der Waals surface area contributed by atoms with Crippen LogP contribution in [0.2, 0.25) is 5.02 Å². The van der Waals surface area contributed by atoms with Crippen molar-refractivity contribution in [2.75, 3.05) is 0 Å². The van der Waals surface area contributed by atoms with E-state index in [1.807, 2.05) is 37.3 Å². The normalized spacial score (nSPS) is 13.5. The second-order valence-corrected chi connectivity index (χ2v) is 8.09. The molecule has 0 saturated carbocycles. The summed E-state index contributed by atoms with van der Waals surface area (Å²) in [6, 6.07) is 13.0. The van der Waals surface area contributed by atoms with Gasteiger partial charge >= 0.3 is 0 Å². The van der Waals surface area contributed by atoms with Gasteiger partial charge in [-0.1, -0.05) is 35.9 Å². The molecule has 5 nitrogen and oxygen atoms in total. The maximum atomic E-state index is 12.6. The van der Waals surface area contributed by atoms with E-state index in [4.69, 9.17) is 11.6 Å². The summed E-state index contributed by atoms with van der Waals surface area (Å²) in [5, 5.41) is 5.28. The van der Waals surface area contributed by atoms with Gasteiger partial charge in [0.25, 0.3) is 0 Å². The molecule has 0 saturated heterocycles. The van der Waals surface area contributed by atoms with Gasteiger partial charge in [0.15, 0.2) is 5.78 Å². The summed E-state index contributed by atoms with van der Waals surface area (Å²) in [7, 11) is 0. The molecular formula is C22H18ClN3O2S. The third-order valence-corrected chi connectivity index (χ3v) is 5.67. The summed E-state index contributed by atoms with van der Waals surface area (Å²) < 4.78 is 0. The molecule has 2 heterocycles. The Morgan fingerprint density at radius 1 is 1.24 bits per heavy atom. The second kappa shape index (κ2) is 8.27. The minimum Gasteiger partial charge on any atom is -0.313 e. The number of amides is 1. The second-order valence-electron chi connectivity index (χ2n) is 6.94. The van der Waals surface area contributed by atoms with Crippen molar-refractivity contribution in [1.82, 2.24) is 10.3 Å². The number of thiazole rings is 1. The first-order valence-corrected chi connectivity index (χ1v) is 10.5. The number of aliphatic imine (C=N–C) groups is 1. The van der Waals surface area contributed by atoms with Crippen LogP contribution in [0, 0.1) is 0 Å². The van der Waals surface area contributed by atoms with E-state index in [9.17, 15) is 9.59 Å². The van der Waals surface area contributed by atoms with Crippen molar-refractivity contribution in [2.45, 2.75) is 25.7 Å². The van der Waals surface area contributed by atoms with Crippen LogP contribution < -0.4 is 5.32 Å². The van der Waals surface area contributed by atoms with E-state index < -0.39 is 0 Å². The Morgan fingerprint density at radius 3 is 2.86 bits per heavy atom. The summed E-state index contributed by atoms with van der Waals surface area (Å²) >= 11 is 7.43. The summed E-state index contributed by atoms with van der Waals surface area (Å²) in [6.07, 6.45) is 0.826. The number of halogens is 1. The molecule has 29 heavy (non-hydrogen) atoms. The number of hydrogen-bond donors (Lipinski definition) is 1. The molecule has 4 rings (SSSR count). The number of ketones is 1. The molecule has 0 bridgehead atoms. The number of rotatable bonds is 5. The minimum absolute atomic E-state index is 0.00557. The van der Waals surface area contributed by atoms with Gasteiger partial charge in [0.05, 0.1) is 17.1 Å². The number of fused-ring (bicyclic) bond motifs is 1. The highest BCUT2D eigenvalue weighted by Crippen LogP contribution is 2.28. The zero-order chi connectivity index (χ0) is 20.4. The SMILES string of the molecule is C[C@H](C(=O)NC1=Nc2ccc(CC(=O)c3cscn3)cc2C1)c1cccc(Cl)c1. The molecule has 1 amide bonds. The van der Waals surface area contributed by atoms with Gasteiger partial charge in [0.2, 0.25) is 5.91 Å². The van der Waals surface area contributed by atoms with Crippen LogP contribution in [0.3, 0.4) is 0 Å². The number of aromatic nitrogens is 1. The van der Waals surface area contributed by atoms with Crippen LogP contribution in [-0.4, -0.2) is 22.5 Å². The Balaban J connectivity index is 1.40. The smallest absolute Gasteiger partial charge is 0.232 e. The fourth-order valence-electron chi connectivity index (χ4n) is 3.24. The van der Waals surface area contributed by atoms with Crippen LogP contribution >= 0.6 is 22.9 Å². The van der Waals surface area contributed by atoms with E-state index in [0.29, 0.717) is 29.4 Å². The van der Waals surface area contributed by atoms with Crippen LogP contribution in [0.4, 0.5) is 5.69 Å². The Kier molecular flexibility index (Phi) is 5.56. The van der Waals surface area contributed by atoms with Crippen molar-refractivity contribution >= 4 is 46.2 Å². The molecular weight excluding hydrogens is 406 g/mol. The predicted octanol–water partition coefficient (Wildman–Crippen LogP) is 4.73. The van der Waals surface area contributed by atoms with Gasteiger partial charge in [0.1, 0.15) is 11.5 Å². The lowest BCUT2D eigenvalue weighted by Crippen LogP contribution is -2.33. The third kappa shape index (κ3) is 4.44. The van der Waals surface area contributed by atoms with Crippen LogP contribution in [0.25, 0.3) is 0 Å². The zero-order valence-corrected chi connectivity index (χ0v) is 17.3. The highest BCUT2D eigenvalue weighted by Gasteiger charge is 2.21. The van der Waals surface area contributed by atoms with E-state index in [2.05, 4.69) is 15.3 Å². The van der Waals surface area contributed by atoms with Crippen molar-refractivity contribution in [3.63, 3.8) is 0 Å². The molecule has 2 aromatic carbocycles. The maximum Gasteiger partial charge on any atom is 0.232 e. The Hall–Kier alpha value is -2.83. The topological polar surface area (TPSA) is 71.4 Å². The quantitative estimate of drug-likeness (QED) is 0.603. The number of carbonyl (C=O) groups is 2. The van der Waals surface area contributed by atoms with Crippen molar-refractivity contribution in [2.24, 2.45) is 4.99 Å². The molecule has 1 atom stereocenters. The van der Waals surface area contributed by atoms with Gasteiger partial charge in [-0.2, -0.15) is 0 Å². The maximum absolute atomic E-state index is 12.6. The monoisotopic (exact) mass is 423 g/mol. The Bertz CT molecular complexity index is 1110. The van der Waals surface area contributed by atoms with Crippen molar-refractivity contribution in [3.8, 4) is 0 Å². The average molecular weight is 424 g/mol. The molecule has 7 heteroatoms. The first kappa shape index (κ1) is 19.5. The molecule has 0 aliphatic carbocycles. The van der Waals surface area contributed by atoms with Crippen LogP contribution in [0.5, 0.6) is 0 Å². The Labute approximate surface area is 177 Å². The predicted molar refractivity (Wildman–Crippen MR) is 115 cm³/mol. The molecule has 0 unspecified atom stereocenters. The first-order chi connectivity index (χ1) is 14.0. The van der Waals surface area contributed by atoms with Crippen molar-refractivity contribution in [1.29, 1.82) is 0 Å². The first-order valence-electron chi connectivity index (χ1n) is 9.16. The fraction of sp³-hybridized carbons (Fsp3) is 0.182. The van der Waals surface area contributed by atoms with Gasteiger partial charge in [-0.05, 0) is 41.8 Å². The van der Waals surface area contributed by atoms with Gasteiger partial charge in [0, 0.05) is 23.2 Å². The molecule has 1 aliphatic heterocycles. The number of carbonyl (C=O) groups excluding carboxylic acids is 2. The van der Waals surface area contributed by atoms with E-state index in [0.717, 1.165) is 22.4 Å². The van der Waals surface area contributed by atoms with E-state index in [1.54, 1.807) is 23.0 Å². The highest BCUT2D eigenvalue weighted by molar-refractivity contribution is 7.07. The van der Waals surface area contributed by atoms with Crippen molar-refractivity contribution in [3.05, 3.63) is 80.8 Å². The number of Topliss-reactive ketones (excluding diaryl/α,β-unsaturated/α-hetero) is 1. The number of benzene rings is 2. The molecule has 1 N–H and O–H groups in total. The lowest BCUT2D eigenvalue weighted by atomic mass is 10.00. The molecule has 3 aromatic rings. The van der Waals surface area contributed by atoms with E-state index in [1.165, 1.54) is 11.3 Å². The van der Waals surface area contributed by atoms with Gasteiger partial charge in [-0.15, -0.1) is 11.3 Å². The summed E-state index contributed by atoms with van der Waals surface area (Å²) in [4.78, 5) is 33.5. The largest absolute Gasteiger partial charge is 0.313 e. The fourth-order valence-corrected chi connectivity index (χ4v) is 4.00. The van der Waals surface area contributed by atoms with E-state index >= 15 is 0 Å². The standard InChI is InChI=1S/C22H18ClN3O2S/c1-13(15-3-2-4-17(23)9-15)22(28)26-21-10-16-7-14(5-6-18(16)25-21)8-20(27)19-11-29-12-24-19/h2-7,9,11-13H,8,10H2,1H3,(H,25,26,28)/t13-/m0/s1. The van der Waals surface area contributed by atoms with Crippen LogP contribution in [-0.2, 0) is 17.6 Å². The zero-order valence-electron chi connectivity index (χ0n) is 15.7. The number of nitrogens with zero attached hydrogens (tertiary/aromatic N) is 2. The third-order valence-electron chi connectivity index (χ3n) is 4.85. The van der Waals surface area contributed by atoms with Crippen LogP contribution in [0.1, 0.15) is 40.0 Å². The van der Waals surface area contributed by atoms with Crippen LogP contribution in [0.15, 0.2) is 58.3 Å².